The molecule has 0 unspecified atom stereocenters. The van der Waals surface area contributed by atoms with Crippen LogP contribution in [0.4, 0.5) is 11.5 Å². The first-order valence-electron chi connectivity index (χ1n) is 10.5. The number of anilines is 2. The van der Waals surface area contributed by atoms with Crippen LogP contribution in [0.2, 0.25) is 0 Å². The zero-order valence-electron chi connectivity index (χ0n) is 18.3. The second-order valence-electron chi connectivity index (χ2n) is 8.70. The number of primary amides is 1. The quantitative estimate of drug-likeness (QED) is 0.424. The molecule has 176 valence electrons. The average molecular weight is 475 g/mol. The molecule has 1 saturated heterocycles. The van der Waals surface area contributed by atoms with Crippen LogP contribution in [-0.2, 0) is 10.0 Å². The van der Waals surface area contributed by atoms with Crippen molar-refractivity contribution < 1.29 is 27.8 Å². The van der Waals surface area contributed by atoms with Crippen LogP contribution < -0.4 is 15.4 Å². The Morgan fingerprint density at radius 3 is 2.61 bits per heavy atom. The van der Waals surface area contributed by atoms with Gasteiger partial charge in [0.05, 0.1) is 21.6 Å². The predicted octanol–water partition coefficient (Wildman–Crippen LogP) is 2.42. The maximum atomic E-state index is 13.1. The second-order valence-corrected chi connectivity index (χ2v) is 10.4. The van der Waals surface area contributed by atoms with Crippen molar-refractivity contribution in [1.29, 1.82) is 0 Å². The van der Waals surface area contributed by atoms with Gasteiger partial charge in [-0.2, -0.15) is 0 Å². The summed E-state index contributed by atoms with van der Waals surface area (Å²) in [5.74, 6) is -1.17. The lowest BCUT2D eigenvalue weighted by atomic mass is 9.83. The molecular weight excluding hydrogens is 448 g/mol. The Kier molecular flexibility index (Phi) is 5.71. The summed E-state index contributed by atoms with van der Waals surface area (Å²) in [6.45, 7) is 4.87. The van der Waals surface area contributed by atoms with E-state index in [2.05, 4.69) is 9.71 Å². The number of furan rings is 1. The fourth-order valence-corrected chi connectivity index (χ4v) is 5.20. The molecule has 10 nitrogen and oxygen atoms in total. The van der Waals surface area contributed by atoms with Crippen LogP contribution in [0.25, 0.3) is 11.0 Å². The smallest absolute Gasteiger partial charge is 0.288 e. The number of fused-ring (bicyclic) bond motifs is 1. The normalized spacial score (nSPS) is 15.7. The number of nitrogens with one attached hydrogen (secondary N) is 1. The maximum absolute atomic E-state index is 13.1. The molecule has 0 aliphatic carbocycles. The van der Waals surface area contributed by atoms with Crippen LogP contribution in [0.3, 0.4) is 0 Å². The fraction of sp³-hybridized carbons (Fsp3) is 0.364. The van der Waals surface area contributed by atoms with Gasteiger partial charge in [0.1, 0.15) is 5.58 Å². The Morgan fingerprint density at radius 2 is 1.97 bits per heavy atom. The molecule has 0 bridgehead atoms. The highest BCUT2D eigenvalue weighted by molar-refractivity contribution is 7.92. The molecule has 0 spiro atoms. The number of hydrogen-bond acceptors (Lipinski definition) is 8. The van der Waals surface area contributed by atoms with Crippen molar-refractivity contribution in [3.8, 4) is 5.75 Å². The molecule has 2 aromatic heterocycles. The van der Waals surface area contributed by atoms with Gasteiger partial charge in [0, 0.05) is 25.4 Å². The lowest BCUT2D eigenvalue weighted by Gasteiger charge is -2.38. The fourth-order valence-electron chi connectivity index (χ4n) is 4.13. The van der Waals surface area contributed by atoms with Crippen molar-refractivity contribution in [1.82, 2.24) is 4.98 Å². The summed E-state index contributed by atoms with van der Waals surface area (Å²) in [7, 11) is -4.04. The lowest BCUT2D eigenvalue weighted by molar-refractivity contribution is 0.00647. The molecule has 0 saturated carbocycles. The molecule has 1 aliphatic rings. The van der Waals surface area contributed by atoms with Crippen LogP contribution in [0.1, 0.15) is 37.2 Å². The summed E-state index contributed by atoms with van der Waals surface area (Å²) >= 11 is 0. The lowest BCUT2D eigenvalue weighted by Crippen LogP contribution is -2.42. The number of hydrogen-bond donors (Lipinski definition) is 4. The van der Waals surface area contributed by atoms with Crippen LogP contribution in [0, 0.1) is 5.92 Å². The molecule has 1 aromatic carbocycles. The van der Waals surface area contributed by atoms with E-state index in [4.69, 9.17) is 10.2 Å². The highest BCUT2D eigenvalue weighted by Crippen LogP contribution is 2.35. The number of aliphatic hydroxyl groups is 1. The second kappa shape index (κ2) is 8.23. The minimum absolute atomic E-state index is 0.0178. The van der Waals surface area contributed by atoms with Crippen molar-refractivity contribution in [2.75, 3.05) is 22.7 Å². The summed E-state index contributed by atoms with van der Waals surface area (Å²) < 4.78 is 34.0. The Labute approximate surface area is 191 Å². The number of aromatic nitrogens is 1. The van der Waals surface area contributed by atoms with Gasteiger partial charge in [-0.3, -0.25) is 9.52 Å². The number of carbonyl (C=O) groups excluding carboxylic acids is 1. The number of nitrogens with two attached hydrogens (primary N) is 1. The van der Waals surface area contributed by atoms with Gasteiger partial charge < -0.3 is 25.3 Å². The number of sulfonamides is 1. The van der Waals surface area contributed by atoms with Crippen molar-refractivity contribution in [2.24, 2.45) is 11.7 Å². The molecule has 1 aliphatic heterocycles. The topological polar surface area (TPSA) is 159 Å². The summed E-state index contributed by atoms with van der Waals surface area (Å²) in [6, 6.07) is 7.13. The van der Waals surface area contributed by atoms with E-state index >= 15 is 0 Å². The summed E-state index contributed by atoms with van der Waals surface area (Å²) in [4.78, 5) is 17.7. The van der Waals surface area contributed by atoms with E-state index in [9.17, 15) is 23.4 Å². The number of amides is 1. The maximum Gasteiger partial charge on any atom is 0.288 e. The summed E-state index contributed by atoms with van der Waals surface area (Å²) in [6.07, 6.45) is 3.11. The Balaban J connectivity index is 1.60. The van der Waals surface area contributed by atoms with Crippen molar-refractivity contribution in [3.05, 3.63) is 42.3 Å². The van der Waals surface area contributed by atoms with Gasteiger partial charge in [0.2, 0.25) is 5.76 Å². The van der Waals surface area contributed by atoms with E-state index in [1.807, 2.05) is 4.90 Å². The number of aromatic hydroxyl groups is 1. The minimum Gasteiger partial charge on any atom is -0.504 e. The highest BCUT2D eigenvalue weighted by atomic mass is 32.2. The molecule has 5 N–H and O–H groups in total. The number of pyridine rings is 1. The van der Waals surface area contributed by atoms with E-state index < -0.39 is 33.0 Å². The first-order chi connectivity index (χ1) is 15.5. The SMILES string of the molecule is CC(C)(O)C1CCN(c2ncccc2NS(=O)(=O)c2ccc3c(O)c(C(N)=O)oc3c2)CC1. The van der Waals surface area contributed by atoms with Gasteiger partial charge in [0.25, 0.3) is 15.9 Å². The Morgan fingerprint density at radius 1 is 1.27 bits per heavy atom. The summed E-state index contributed by atoms with van der Waals surface area (Å²) in [5.41, 5.74) is 4.74. The average Bonchev–Trinajstić information content (AvgIpc) is 3.10. The van der Waals surface area contributed by atoms with E-state index in [1.54, 1.807) is 32.2 Å². The van der Waals surface area contributed by atoms with Gasteiger partial charge in [-0.1, -0.05) is 0 Å². The number of piperidine rings is 1. The molecule has 0 atom stereocenters. The van der Waals surface area contributed by atoms with E-state index in [1.165, 1.54) is 18.2 Å². The predicted molar refractivity (Wildman–Crippen MR) is 123 cm³/mol. The highest BCUT2D eigenvalue weighted by Gasteiger charge is 2.32. The number of benzene rings is 1. The molecule has 0 radical (unpaired) electrons. The van der Waals surface area contributed by atoms with Crippen molar-refractivity contribution >= 4 is 38.4 Å². The summed E-state index contributed by atoms with van der Waals surface area (Å²) in [5, 5.41) is 20.5. The number of carbonyl (C=O) groups is 1. The van der Waals surface area contributed by atoms with E-state index in [0.29, 0.717) is 24.6 Å². The number of rotatable bonds is 6. The number of nitrogens with zero attached hydrogens (tertiary/aromatic N) is 2. The van der Waals surface area contributed by atoms with E-state index in [0.717, 1.165) is 12.8 Å². The molecule has 1 fully saturated rings. The van der Waals surface area contributed by atoms with Gasteiger partial charge in [-0.15, -0.1) is 0 Å². The molecule has 3 aromatic rings. The van der Waals surface area contributed by atoms with Crippen LogP contribution in [-0.4, -0.2) is 48.2 Å². The molecule has 3 heterocycles. The first kappa shape index (κ1) is 22.9. The third-order valence-electron chi connectivity index (χ3n) is 5.99. The molecule has 4 rings (SSSR count). The molecule has 11 heteroatoms. The van der Waals surface area contributed by atoms with Crippen LogP contribution in [0.15, 0.2) is 45.8 Å². The molecule has 33 heavy (non-hydrogen) atoms. The first-order valence-corrected chi connectivity index (χ1v) is 12.0. The molecular formula is C22H26N4O6S. The van der Waals surface area contributed by atoms with Crippen molar-refractivity contribution in [2.45, 2.75) is 37.2 Å². The van der Waals surface area contributed by atoms with Crippen LogP contribution >= 0.6 is 0 Å². The van der Waals surface area contributed by atoms with Gasteiger partial charge in [-0.05, 0) is 56.9 Å². The van der Waals surface area contributed by atoms with Gasteiger partial charge in [-0.25, -0.2) is 13.4 Å². The Bertz CT molecular complexity index is 1300. The standard InChI is InChI=1S/C22H26N4O6S/c1-22(2,29)13-7-10-26(11-8-13)21-16(4-3-9-24-21)25-33(30,31)14-5-6-15-17(12-14)32-19(18(15)27)20(23)28/h3-6,9,12-13,25,27,29H,7-8,10-11H2,1-2H3,(H2,23,28). The van der Waals surface area contributed by atoms with Crippen molar-refractivity contribution in [3.63, 3.8) is 0 Å². The molecule has 1 amide bonds. The monoisotopic (exact) mass is 474 g/mol. The van der Waals surface area contributed by atoms with E-state index in [-0.39, 0.29) is 21.8 Å². The van der Waals surface area contributed by atoms with Crippen LogP contribution in [0.5, 0.6) is 5.75 Å². The Hall–Kier alpha value is -3.31. The third kappa shape index (κ3) is 4.46. The minimum atomic E-state index is -4.04. The zero-order valence-corrected chi connectivity index (χ0v) is 19.1. The van der Waals surface area contributed by atoms with Gasteiger partial charge >= 0.3 is 0 Å². The third-order valence-corrected chi connectivity index (χ3v) is 7.36. The van der Waals surface area contributed by atoms with Gasteiger partial charge in [0.15, 0.2) is 11.6 Å². The zero-order chi connectivity index (χ0) is 24.0. The largest absolute Gasteiger partial charge is 0.504 e.